The summed E-state index contributed by atoms with van der Waals surface area (Å²) < 4.78 is 15.7. The molecule has 1 aliphatic carbocycles. The van der Waals surface area contributed by atoms with Crippen molar-refractivity contribution in [3.05, 3.63) is 0 Å². The molecule has 3 atom stereocenters. The number of hydrogen-bond donors (Lipinski definition) is 0. The molecule has 1 saturated carbocycles. The van der Waals surface area contributed by atoms with Gasteiger partial charge in [0.05, 0.1) is 19.6 Å². The summed E-state index contributed by atoms with van der Waals surface area (Å²) in [6, 6.07) is 0. The second-order valence-electron chi connectivity index (χ2n) is 4.71. The van der Waals surface area contributed by atoms with Gasteiger partial charge in [0.2, 0.25) is 0 Å². The maximum atomic E-state index is 11.9. The summed E-state index contributed by atoms with van der Waals surface area (Å²) in [6.45, 7) is 3.57. The van der Waals surface area contributed by atoms with Crippen LogP contribution in [0, 0.1) is 5.92 Å². The Balaban J connectivity index is 2.00. The normalized spacial score (nSPS) is 36.2. The van der Waals surface area contributed by atoms with Crippen LogP contribution in [0.4, 0.5) is 0 Å². The molecule has 1 unspecified atom stereocenters. The molecule has 5 nitrogen and oxygen atoms in total. The highest BCUT2D eigenvalue weighted by Gasteiger charge is 2.53. The lowest BCUT2D eigenvalue weighted by atomic mass is 10.0. The summed E-state index contributed by atoms with van der Waals surface area (Å²) in [7, 11) is 1.32. The molecule has 1 heterocycles. The van der Waals surface area contributed by atoms with Crippen LogP contribution in [-0.4, -0.2) is 36.9 Å². The molecule has 0 bridgehead atoms. The van der Waals surface area contributed by atoms with Crippen LogP contribution in [0.1, 0.15) is 26.7 Å². The molecule has 90 valence electrons. The fraction of sp³-hybridized carbons (Fsp3) is 0.818. The van der Waals surface area contributed by atoms with E-state index in [4.69, 9.17) is 9.47 Å². The fourth-order valence-corrected chi connectivity index (χ4v) is 2.35. The summed E-state index contributed by atoms with van der Waals surface area (Å²) in [5, 5.41) is 0. The molecule has 16 heavy (non-hydrogen) atoms. The van der Waals surface area contributed by atoms with E-state index >= 15 is 0 Å². The van der Waals surface area contributed by atoms with Gasteiger partial charge in [-0.15, -0.1) is 0 Å². The Kier molecular flexibility index (Phi) is 2.75. The minimum atomic E-state index is -0.693. The van der Waals surface area contributed by atoms with E-state index in [1.54, 1.807) is 13.8 Å². The molecule has 0 radical (unpaired) electrons. The second kappa shape index (κ2) is 3.82. The number of Topliss-reactive ketones (excluding diaryl/α,β-unsaturated/α-hetero) is 1. The molecule has 5 heteroatoms. The zero-order valence-corrected chi connectivity index (χ0v) is 9.69. The van der Waals surface area contributed by atoms with E-state index in [9.17, 15) is 9.59 Å². The molecule has 0 aromatic rings. The van der Waals surface area contributed by atoms with Gasteiger partial charge in [0.25, 0.3) is 0 Å². The topological polar surface area (TPSA) is 61.8 Å². The molecule has 0 spiro atoms. The zero-order valence-electron chi connectivity index (χ0n) is 9.69. The Bertz CT molecular complexity index is 322. The lowest BCUT2D eigenvalue weighted by molar-refractivity contribution is -0.164. The number of carbonyl (C=O) groups is 2. The summed E-state index contributed by atoms with van der Waals surface area (Å²) in [4.78, 5) is 23.0. The quantitative estimate of drug-likeness (QED) is 0.650. The third-order valence-corrected chi connectivity index (χ3v) is 3.02. The number of carbonyl (C=O) groups excluding carboxylic acids is 2. The fourth-order valence-electron chi connectivity index (χ4n) is 2.35. The Morgan fingerprint density at radius 3 is 2.75 bits per heavy atom. The number of fused-ring (bicyclic) bond motifs is 1. The SMILES string of the molecule is COC(=O)CC1C[C@H]2OC(C)(C)O[C@H]2C1=O. The third kappa shape index (κ3) is 1.97. The number of hydrogen-bond acceptors (Lipinski definition) is 5. The van der Waals surface area contributed by atoms with Gasteiger partial charge < -0.3 is 14.2 Å². The minimum Gasteiger partial charge on any atom is -0.469 e. The molecular formula is C11H16O5. The van der Waals surface area contributed by atoms with Crippen LogP contribution in [-0.2, 0) is 23.8 Å². The smallest absolute Gasteiger partial charge is 0.306 e. The molecule has 1 saturated heterocycles. The van der Waals surface area contributed by atoms with Gasteiger partial charge in [-0.05, 0) is 20.3 Å². The average Bonchev–Trinajstić information content (AvgIpc) is 2.63. The van der Waals surface area contributed by atoms with Crippen LogP contribution in [0.5, 0.6) is 0 Å². The van der Waals surface area contributed by atoms with Gasteiger partial charge in [-0.25, -0.2) is 0 Å². The molecule has 1 aliphatic heterocycles. The number of methoxy groups -OCH3 is 1. The maximum Gasteiger partial charge on any atom is 0.306 e. The summed E-state index contributed by atoms with van der Waals surface area (Å²) in [5.74, 6) is -1.42. The van der Waals surface area contributed by atoms with E-state index in [0.29, 0.717) is 6.42 Å². The number of ether oxygens (including phenoxy) is 3. The summed E-state index contributed by atoms with van der Waals surface area (Å²) in [6.07, 6.45) is -0.0563. The standard InChI is InChI=1S/C11H16O5/c1-11(2)15-7-4-6(5-8(12)14-3)9(13)10(7)16-11/h6-7,10H,4-5H2,1-3H3/t6?,7-,10-/m1/s1. The van der Waals surface area contributed by atoms with Crippen molar-refractivity contribution >= 4 is 11.8 Å². The van der Waals surface area contributed by atoms with Gasteiger partial charge in [0.1, 0.15) is 6.10 Å². The van der Waals surface area contributed by atoms with Gasteiger partial charge >= 0.3 is 5.97 Å². The van der Waals surface area contributed by atoms with Crippen LogP contribution in [0.25, 0.3) is 0 Å². The van der Waals surface area contributed by atoms with Gasteiger partial charge in [0.15, 0.2) is 11.6 Å². The zero-order chi connectivity index (χ0) is 11.9. The van der Waals surface area contributed by atoms with Crippen LogP contribution in [0.3, 0.4) is 0 Å². The van der Waals surface area contributed by atoms with E-state index in [1.165, 1.54) is 7.11 Å². The van der Waals surface area contributed by atoms with Crippen molar-refractivity contribution in [1.82, 2.24) is 0 Å². The molecule has 2 fully saturated rings. The molecule has 0 aromatic heterocycles. The van der Waals surface area contributed by atoms with Crippen LogP contribution in [0.2, 0.25) is 0 Å². The minimum absolute atomic E-state index is 0.0408. The van der Waals surface area contributed by atoms with E-state index in [2.05, 4.69) is 4.74 Å². The average molecular weight is 228 g/mol. The predicted octanol–water partition coefficient (Wildman–Crippen LogP) is 0.659. The van der Waals surface area contributed by atoms with E-state index in [-0.39, 0.29) is 30.2 Å². The molecule has 2 aliphatic rings. The van der Waals surface area contributed by atoms with Crippen molar-refractivity contribution in [2.45, 2.75) is 44.7 Å². The summed E-state index contributed by atoms with van der Waals surface area (Å²) >= 11 is 0. The molecule has 0 amide bonds. The highest BCUT2D eigenvalue weighted by molar-refractivity contribution is 5.91. The van der Waals surface area contributed by atoms with Crippen LogP contribution in [0.15, 0.2) is 0 Å². The van der Waals surface area contributed by atoms with Gasteiger partial charge in [-0.1, -0.05) is 0 Å². The Labute approximate surface area is 94.0 Å². The van der Waals surface area contributed by atoms with Crippen LogP contribution >= 0.6 is 0 Å². The first kappa shape index (κ1) is 11.5. The third-order valence-electron chi connectivity index (χ3n) is 3.02. The maximum absolute atomic E-state index is 11.9. The molecule has 0 N–H and O–H groups in total. The van der Waals surface area contributed by atoms with Crippen LogP contribution < -0.4 is 0 Å². The van der Waals surface area contributed by atoms with E-state index in [0.717, 1.165) is 0 Å². The van der Waals surface area contributed by atoms with Crippen molar-refractivity contribution in [3.8, 4) is 0 Å². The first-order valence-corrected chi connectivity index (χ1v) is 5.39. The first-order chi connectivity index (χ1) is 7.43. The second-order valence-corrected chi connectivity index (χ2v) is 4.71. The first-order valence-electron chi connectivity index (χ1n) is 5.39. The predicted molar refractivity (Wildman–Crippen MR) is 53.6 cm³/mol. The van der Waals surface area contributed by atoms with Gasteiger partial charge in [-0.3, -0.25) is 9.59 Å². The summed E-state index contributed by atoms with van der Waals surface area (Å²) in [5.41, 5.74) is 0. The van der Waals surface area contributed by atoms with Crippen molar-refractivity contribution in [3.63, 3.8) is 0 Å². The Morgan fingerprint density at radius 2 is 2.19 bits per heavy atom. The number of ketones is 1. The van der Waals surface area contributed by atoms with E-state index in [1.807, 2.05) is 0 Å². The van der Waals surface area contributed by atoms with E-state index < -0.39 is 11.9 Å². The van der Waals surface area contributed by atoms with Crippen molar-refractivity contribution in [1.29, 1.82) is 0 Å². The molecule has 2 rings (SSSR count). The highest BCUT2D eigenvalue weighted by atomic mass is 16.8. The Morgan fingerprint density at radius 1 is 1.50 bits per heavy atom. The largest absolute Gasteiger partial charge is 0.469 e. The lowest BCUT2D eigenvalue weighted by Crippen LogP contribution is -2.28. The molecule has 0 aromatic carbocycles. The number of esters is 1. The Hall–Kier alpha value is -0.940. The van der Waals surface area contributed by atoms with Crippen molar-refractivity contribution in [2.24, 2.45) is 5.92 Å². The molecular weight excluding hydrogens is 212 g/mol. The monoisotopic (exact) mass is 228 g/mol. The van der Waals surface area contributed by atoms with Gasteiger partial charge in [0, 0.05) is 5.92 Å². The number of rotatable bonds is 2. The van der Waals surface area contributed by atoms with Crippen molar-refractivity contribution in [2.75, 3.05) is 7.11 Å². The van der Waals surface area contributed by atoms with Crippen molar-refractivity contribution < 1.29 is 23.8 Å². The van der Waals surface area contributed by atoms with Gasteiger partial charge in [-0.2, -0.15) is 0 Å². The lowest BCUT2D eigenvalue weighted by Gasteiger charge is -2.19. The highest BCUT2D eigenvalue weighted by Crippen LogP contribution is 2.39.